The van der Waals surface area contributed by atoms with Gasteiger partial charge in [0.2, 0.25) is 6.41 Å². The van der Waals surface area contributed by atoms with Crippen LogP contribution in [0.1, 0.15) is 21.5 Å². The summed E-state index contributed by atoms with van der Waals surface area (Å²) in [7, 11) is 1.55. The van der Waals surface area contributed by atoms with Crippen LogP contribution in [0.4, 0.5) is 4.79 Å². The minimum absolute atomic E-state index is 0.155. The number of imide groups is 1. The van der Waals surface area contributed by atoms with Crippen molar-refractivity contribution < 1.29 is 19.1 Å². The molecule has 8 heteroatoms. The van der Waals surface area contributed by atoms with Crippen LogP contribution in [-0.4, -0.2) is 42.9 Å². The third-order valence-corrected chi connectivity index (χ3v) is 5.84. The summed E-state index contributed by atoms with van der Waals surface area (Å²) in [4.78, 5) is 37.0. The highest BCUT2D eigenvalue weighted by Crippen LogP contribution is 2.27. The first-order chi connectivity index (χ1) is 15.1. The van der Waals surface area contributed by atoms with Crippen molar-refractivity contribution >= 4 is 39.8 Å². The van der Waals surface area contributed by atoms with Crippen molar-refractivity contribution in [2.24, 2.45) is 0 Å². The lowest BCUT2D eigenvalue weighted by Crippen LogP contribution is -2.46. The molecule has 31 heavy (non-hydrogen) atoms. The van der Waals surface area contributed by atoms with Crippen LogP contribution < -0.4 is 15.4 Å². The number of carbonyl (C=O) groups is 3. The van der Waals surface area contributed by atoms with Crippen LogP contribution in [0, 0.1) is 11.8 Å². The van der Waals surface area contributed by atoms with Crippen molar-refractivity contribution in [2.45, 2.75) is 12.6 Å². The van der Waals surface area contributed by atoms with Gasteiger partial charge in [-0.05, 0) is 52.7 Å². The van der Waals surface area contributed by atoms with E-state index in [4.69, 9.17) is 4.74 Å². The van der Waals surface area contributed by atoms with Crippen LogP contribution in [-0.2, 0) is 11.3 Å². The second-order valence-corrected chi connectivity index (χ2v) is 7.89. The molecule has 2 N–H and O–H groups in total. The number of nitrogens with one attached hydrogen (secondary N) is 2. The van der Waals surface area contributed by atoms with Crippen molar-refractivity contribution in [1.82, 2.24) is 15.5 Å². The van der Waals surface area contributed by atoms with Gasteiger partial charge in [0.25, 0.3) is 5.91 Å². The van der Waals surface area contributed by atoms with Gasteiger partial charge in [0, 0.05) is 22.4 Å². The summed E-state index contributed by atoms with van der Waals surface area (Å²) in [5, 5.41) is 7.80. The van der Waals surface area contributed by atoms with Crippen LogP contribution in [0.25, 0.3) is 10.1 Å². The molecule has 0 aliphatic carbocycles. The highest BCUT2D eigenvalue weighted by atomic mass is 32.1. The van der Waals surface area contributed by atoms with Crippen molar-refractivity contribution in [2.75, 3.05) is 13.7 Å². The van der Waals surface area contributed by atoms with E-state index in [-0.39, 0.29) is 12.5 Å². The number of urea groups is 1. The zero-order valence-corrected chi connectivity index (χ0v) is 17.5. The molecule has 3 aromatic rings. The Morgan fingerprint density at radius 2 is 2.16 bits per heavy atom. The average molecular weight is 433 g/mol. The molecule has 0 fully saturated rings. The zero-order valence-electron chi connectivity index (χ0n) is 16.7. The molecule has 1 aliphatic heterocycles. The first-order valence-corrected chi connectivity index (χ1v) is 10.4. The highest BCUT2D eigenvalue weighted by molar-refractivity contribution is 7.17. The first kappa shape index (κ1) is 20.4. The fraction of sp³-hybridized carbons (Fsp3) is 0.174. The highest BCUT2D eigenvalue weighted by Gasteiger charge is 2.29. The van der Waals surface area contributed by atoms with E-state index >= 15 is 0 Å². The fourth-order valence-corrected chi connectivity index (χ4v) is 4.20. The Hall–Kier alpha value is -3.83. The van der Waals surface area contributed by atoms with E-state index in [1.165, 1.54) is 4.70 Å². The molecule has 1 atom stereocenters. The number of thiophene rings is 1. The lowest BCUT2D eigenvalue weighted by Gasteiger charge is -2.21. The topological polar surface area (TPSA) is 87.7 Å². The Kier molecular flexibility index (Phi) is 5.87. The lowest BCUT2D eigenvalue weighted by atomic mass is 10.1. The van der Waals surface area contributed by atoms with Gasteiger partial charge >= 0.3 is 6.03 Å². The molecule has 0 saturated heterocycles. The molecule has 0 bridgehead atoms. The number of ether oxygens (including phenoxy) is 1. The Labute approximate surface area is 183 Å². The van der Waals surface area contributed by atoms with E-state index in [1.807, 2.05) is 47.1 Å². The fourth-order valence-electron chi connectivity index (χ4n) is 3.43. The number of rotatable bonds is 5. The number of nitrogens with zero attached hydrogens (tertiary/aromatic N) is 1. The molecule has 0 radical (unpaired) electrons. The SMILES string of the molecule is COc1ccc2c(c1)C(=O)N(C[C@@H](C#Cc1ccc3sccc3c1)NC(=O)NC=O)C2. The van der Waals surface area contributed by atoms with Gasteiger partial charge in [-0.15, -0.1) is 11.3 Å². The van der Waals surface area contributed by atoms with E-state index in [0.29, 0.717) is 24.3 Å². The number of fused-ring (bicyclic) bond motifs is 2. The van der Waals surface area contributed by atoms with E-state index in [0.717, 1.165) is 16.5 Å². The Morgan fingerprint density at radius 1 is 1.29 bits per heavy atom. The molecule has 156 valence electrons. The van der Waals surface area contributed by atoms with Crippen LogP contribution in [0.5, 0.6) is 5.75 Å². The number of benzene rings is 2. The monoisotopic (exact) mass is 433 g/mol. The summed E-state index contributed by atoms with van der Waals surface area (Å²) in [6.45, 7) is 0.587. The summed E-state index contributed by atoms with van der Waals surface area (Å²) < 4.78 is 6.37. The second kappa shape index (κ2) is 8.90. The van der Waals surface area contributed by atoms with Gasteiger partial charge in [0.1, 0.15) is 11.8 Å². The number of hydrogen-bond acceptors (Lipinski definition) is 5. The minimum atomic E-state index is -0.673. The van der Waals surface area contributed by atoms with Gasteiger partial charge in [-0.2, -0.15) is 0 Å². The summed E-state index contributed by atoms with van der Waals surface area (Å²) in [5.74, 6) is 6.55. The van der Waals surface area contributed by atoms with Crippen molar-refractivity contribution in [3.05, 3.63) is 64.5 Å². The van der Waals surface area contributed by atoms with Crippen molar-refractivity contribution in [3.63, 3.8) is 0 Å². The number of carbonyl (C=O) groups excluding carboxylic acids is 3. The number of amides is 4. The van der Waals surface area contributed by atoms with Crippen LogP contribution in [0.2, 0.25) is 0 Å². The lowest BCUT2D eigenvalue weighted by molar-refractivity contribution is -0.108. The van der Waals surface area contributed by atoms with E-state index in [9.17, 15) is 14.4 Å². The van der Waals surface area contributed by atoms with Gasteiger partial charge in [0.15, 0.2) is 0 Å². The van der Waals surface area contributed by atoms with Gasteiger partial charge in [-0.1, -0.05) is 17.9 Å². The second-order valence-electron chi connectivity index (χ2n) is 6.94. The third kappa shape index (κ3) is 4.52. The maximum atomic E-state index is 12.8. The quantitative estimate of drug-likeness (QED) is 0.479. The van der Waals surface area contributed by atoms with Crippen molar-refractivity contribution in [1.29, 1.82) is 0 Å². The number of hydrogen-bond donors (Lipinski definition) is 2. The molecule has 4 rings (SSSR count). The third-order valence-electron chi connectivity index (χ3n) is 4.94. The van der Waals surface area contributed by atoms with Gasteiger partial charge in [-0.25, -0.2) is 4.79 Å². The maximum Gasteiger partial charge on any atom is 0.322 e. The smallest absolute Gasteiger partial charge is 0.322 e. The summed E-state index contributed by atoms with van der Waals surface area (Å²) >= 11 is 1.65. The molecule has 0 unspecified atom stereocenters. The molecule has 4 amide bonds. The molecule has 2 aromatic carbocycles. The predicted molar refractivity (Wildman–Crippen MR) is 118 cm³/mol. The molecule has 0 saturated carbocycles. The Balaban J connectivity index is 1.55. The van der Waals surface area contributed by atoms with Crippen LogP contribution in [0.15, 0.2) is 47.8 Å². The van der Waals surface area contributed by atoms with Gasteiger partial charge < -0.3 is 15.0 Å². The molecule has 7 nitrogen and oxygen atoms in total. The first-order valence-electron chi connectivity index (χ1n) is 9.53. The zero-order chi connectivity index (χ0) is 21.8. The molecule has 2 heterocycles. The molecule has 1 aliphatic rings. The molecule has 1 aromatic heterocycles. The summed E-state index contributed by atoms with van der Waals surface area (Å²) in [6, 6.07) is 11.9. The average Bonchev–Trinajstić information content (AvgIpc) is 3.36. The van der Waals surface area contributed by atoms with Crippen LogP contribution in [0.3, 0.4) is 0 Å². The van der Waals surface area contributed by atoms with E-state index in [2.05, 4.69) is 17.2 Å². The van der Waals surface area contributed by atoms with Gasteiger partial charge in [-0.3, -0.25) is 14.9 Å². The minimum Gasteiger partial charge on any atom is -0.497 e. The molecular formula is C23H19N3O4S. The van der Waals surface area contributed by atoms with Crippen LogP contribution >= 0.6 is 11.3 Å². The predicted octanol–water partition coefficient (Wildman–Crippen LogP) is 2.74. The summed E-state index contributed by atoms with van der Waals surface area (Å²) in [6.07, 6.45) is 0.299. The Morgan fingerprint density at radius 3 is 2.97 bits per heavy atom. The Bertz CT molecular complexity index is 1220. The maximum absolute atomic E-state index is 12.8. The van der Waals surface area contributed by atoms with Gasteiger partial charge in [0.05, 0.1) is 13.7 Å². The molecular weight excluding hydrogens is 414 g/mol. The van der Waals surface area contributed by atoms with Crippen molar-refractivity contribution in [3.8, 4) is 17.6 Å². The largest absolute Gasteiger partial charge is 0.497 e. The van der Waals surface area contributed by atoms with E-state index in [1.54, 1.807) is 29.4 Å². The normalized spacial score (nSPS) is 13.2. The molecule has 0 spiro atoms. The van der Waals surface area contributed by atoms with E-state index < -0.39 is 12.1 Å². The standard InChI is InChI=1S/C23H19N3O4S/c1-30-19-6-4-17-12-26(22(28)20(17)11-19)13-18(25-23(29)24-14-27)5-2-15-3-7-21-16(10-15)8-9-31-21/h3-4,6-11,14,18H,12-13H2,1H3,(H2,24,25,27,29)/t18-/m1/s1. The summed E-state index contributed by atoms with van der Waals surface area (Å²) in [5.41, 5.74) is 2.26. The number of methoxy groups -OCH3 is 1.